The van der Waals surface area contributed by atoms with Gasteiger partial charge in [-0.05, 0) is 19.9 Å². The number of anilines is 1. The van der Waals surface area contributed by atoms with Gasteiger partial charge in [0.1, 0.15) is 9.90 Å². The van der Waals surface area contributed by atoms with E-state index in [2.05, 4.69) is 10.3 Å². The third-order valence-electron chi connectivity index (χ3n) is 2.71. The van der Waals surface area contributed by atoms with Crippen molar-refractivity contribution in [2.75, 3.05) is 11.9 Å². The maximum atomic E-state index is 12.2. The summed E-state index contributed by atoms with van der Waals surface area (Å²) in [4.78, 5) is 27.0. The average molecular weight is 347 g/mol. The van der Waals surface area contributed by atoms with Gasteiger partial charge in [0.2, 0.25) is 0 Å². The fraction of sp³-hybridized carbons (Fsp3) is 0.231. The Labute approximate surface area is 135 Å². The SMILES string of the molecule is CCOC(=O)c1c(NC(=O)c2cc(Cl)sc2Cl)c[nH]c1C. The monoisotopic (exact) mass is 346 g/mol. The lowest BCUT2D eigenvalue weighted by molar-refractivity contribution is 0.0527. The minimum Gasteiger partial charge on any atom is -0.462 e. The molecule has 2 rings (SSSR count). The summed E-state index contributed by atoms with van der Waals surface area (Å²) in [6.45, 7) is 3.68. The molecule has 0 aliphatic heterocycles. The number of amides is 1. The van der Waals surface area contributed by atoms with E-state index in [-0.39, 0.29) is 12.2 Å². The van der Waals surface area contributed by atoms with Crippen molar-refractivity contribution in [2.24, 2.45) is 0 Å². The van der Waals surface area contributed by atoms with Crippen LogP contribution < -0.4 is 5.32 Å². The van der Waals surface area contributed by atoms with E-state index in [1.165, 1.54) is 12.3 Å². The summed E-state index contributed by atoms with van der Waals surface area (Å²) in [6, 6.07) is 1.48. The molecule has 0 saturated carbocycles. The van der Waals surface area contributed by atoms with E-state index in [4.69, 9.17) is 27.9 Å². The van der Waals surface area contributed by atoms with Crippen LogP contribution in [-0.4, -0.2) is 23.5 Å². The summed E-state index contributed by atoms with van der Waals surface area (Å²) in [5, 5.41) is 2.63. The summed E-state index contributed by atoms with van der Waals surface area (Å²) in [5.74, 6) is -0.936. The van der Waals surface area contributed by atoms with Crippen LogP contribution in [0.15, 0.2) is 12.3 Å². The molecule has 0 bridgehead atoms. The van der Waals surface area contributed by atoms with Crippen LogP contribution >= 0.6 is 34.5 Å². The minimum absolute atomic E-state index is 0.253. The lowest BCUT2D eigenvalue weighted by Crippen LogP contribution is -2.15. The van der Waals surface area contributed by atoms with Crippen molar-refractivity contribution < 1.29 is 14.3 Å². The number of thiophene rings is 1. The molecule has 112 valence electrons. The number of aryl methyl sites for hydroxylation is 1. The summed E-state index contributed by atoms with van der Waals surface area (Å²) >= 11 is 12.9. The molecule has 5 nitrogen and oxygen atoms in total. The molecule has 0 spiro atoms. The predicted octanol–water partition coefficient (Wildman–Crippen LogP) is 4.12. The van der Waals surface area contributed by atoms with Gasteiger partial charge >= 0.3 is 5.97 Å². The van der Waals surface area contributed by atoms with Crippen molar-refractivity contribution in [3.63, 3.8) is 0 Å². The van der Waals surface area contributed by atoms with Gasteiger partial charge in [0.15, 0.2) is 0 Å². The van der Waals surface area contributed by atoms with Crippen LogP contribution in [0.1, 0.15) is 33.3 Å². The Morgan fingerprint density at radius 1 is 1.43 bits per heavy atom. The predicted molar refractivity (Wildman–Crippen MR) is 83.8 cm³/mol. The van der Waals surface area contributed by atoms with E-state index in [1.54, 1.807) is 13.8 Å². The van der Waals surface area contributed by atoms with Gasteiger partial charge < -0.3 is 15.0 Å². The first kappa shape index (κ1) is 15.9. The van der Waals surface area contributed by atoms with E-state index in [9.17, 15) is 9.59 Å². The zero-order valence-corrected chi connectivity index (χ0v) is 13.6. The second-order valence-corrected chi connectivity index (χ2v) is 6.40. The van der Waals surface area contributed by atoms with Gasteiger partial charge in [-0.25, -0.2) is 4.79 Å². The number of nitrogens with one attached hydrogen (secondary N) is 2. The first-order valence-corrected chi connectivity index (χ1v) is 7.62. The molecule has 2 aromatic rings. The molecule has 0 unspecified atom stereocenters. The second kappa shape index (κ2) is 6.51. The Balaban J connectivity index is 2.26. The Morgan fingerprint density at radius 3 is 2.71 bits per heavy atom. The van der Waals surface area contributed by atoms with Crippen molar-refractivity contribution in [2.45, 2.75) is 13.8 Å². The molecule has 0 aliphatic rings. The number of carbonyl (C=O) groups is 2. The number of carbonyl (C=O) groups excluding carboxylic acids is 2. The number of H-pyrrole nitrogens is 1. The quantitative estimate of drug-likeness (QED) is 0.818. The van der Waals surface area contributed by atoms with Gasteiger partial charge in [0, 0.05) is 11.9 Å². The molecule has 21 heavy (non-hydrogen) atoms. The molecule has 0 saturated heterocycles. The van der Waals surface area contributed by atoms with Crippen molar-refractivity contribution >= 4 is 52.1 Å². The molecule has 0 radical (unpaired) electrons. The number of ether oxygens (including phenoxy) is 1. The molecule has 2 N–H and O–H groups in total. The summed E-state index contributed by atoms with van der Waals surface area (Å²) in [6.07, 6.45) is 1.53. The summed E-state index contributed by atoms with van der Waals surface area (Å²) in [5.41, 5.74) is 1.51. The van der Waals surface area contributed by atoms with Crippen molar-refractivity contribution in [1.82, 2.24) is 4.98 Å². The fourth-order valence-electron chi connectivity index (χ4n) is 1.78. The first-order valence-electron chi connectivity index (χ1n) is 6.05. The van der Waals surface area contributed by atoms with Crippen LogP contribution in [0.2, 0.25) is 8.67 Å². The highest BCUT2D eigenvalue weighted by molar-refractivity contribution is 7.20. The number of hydrogen-bond acceptors (Lipinski definition) is 4. The van der Waals surface area contributed by atoms with Gasteiger partial charge in [-0.2, -0.15) is 0 Å². The molecular formula is C13H12Cl2N2O3S. The van der Waals surface area contributed by atoms with Crippen LogP contribution in [0.5, 0.6) is 0 Å². The maximum absolute atomic E-state index is 12.2. The number of aromatic amines is 1. The summed E-state index contributed by atoms with van der Waals surface area (Å²) < 4.78 is 5.68. The van der Waals surface area contributed by atoms with Crippen LogP contribution in [-0.2, 0) is 4.74 Å². The highest BCUT2D eigenvalue weighted by Gasteiger charge is 2.21. The van der Waals surface area contributed by atoms with Crippen LogP contribution in [0, 0.1) is 6.92 Å². The smallest absolute Gasteiger partial charge is 0.342 e. The lowest BCUT2D eigenvalue weighted by Gasteiger charge is -2.06. The third-order valence-corrected chi connectivity index (χ3v) is 4.19. The molecule has 0 aliphatic carbocycles. The molecule has 8 heteroatoms. The number of hydrogen-bond donors (Lipinski definition) is 2. The Morgan fingerprint density at radius 2 is 2.14 bits per heavy atom. The molecule has 0 aromatic carbocycles. The van der Waals surface area contributed by atoms with Crippen LogP contribution in [0.4, 0.5) is 5.69 Å². The topological polar surface area (TPSA) is 71.2 Å². The molecule has 2 heterocycles. The molecule has 2 aromatic heterocycles. The van der Waals surface area contributed by atoms with E-state index < -0.39 is 11.9 Å². The van der Waals surface area contributed by atoms with E-state index in [0.717, 1.165) is 11.3 Å². The largest absolute Gasteiger partial charge is 0.462 e. The maximum Gasteiger partial charge on any atom is 0.342 e. The number of esters is 1. The average Bonchev–Trinajstić information content (AvgIpc) is 2.92. The van der Waals surface area contributed by atoms with Crippen LogP contribution in [0.3, 0.4) is 0 Å². The molecular weight excluding hydrogens is 335 g/mol. The Bertz CT molecular complexity index is 694. The van der Waals surface area contributed by atoms with E-state index in [0.29, 0.717) is 25.6 Å². The highest BCUT2D eigenvalue weighted by atomic mass is 35.5. The lowest BCUT2D eigenvalue weighted by atomic mass is 10.2. The van der Waals surface area contributed by atoms with Gasteiger partial charge in [-0.15, -0.1) is 11.3 Å². The number of aromatic nitrogens is 1. The molecule has 0 atom stereocenters. The standard InChI is InChI=1S/C13H12Cl2N2O3S/c1-3-20-13(19)10-6(2)16-5-8(10)17-12(18)7-4-9(14)21-11(7)15/h4-5,16H,3H2,1-2H3,(H,17,18). The number of rotatable bonds is 4. The zero-order valence-electron chi connectivity index (χ0n) is 11.3. The zero-order chi connectivity index (χ0) is 15.6. The van der Waals surface area contributed by atoms with Gasteiger partial charge in [0.25, 0.3) is 5.91 Å². The fourth-order valence-corrected chi connectivity index (χ4v) is 3.23. The highest BCUT2D eigenvalue weighted by Crippen LogP contribution is 2.32. The van der Waals surface area contributed by atoms with E-state index >= 15 is 0 Å². The molecule has 0 fully saturated rings. The minimum atomic E-state index is -0.499. The molecule has 1 amide bonds. The second-order valence-electron chi connectivity index (χ2n) is 4.11. The van der Waals surface area contributed by atoms with Gasteiger partial charge in [-0.1, -0.05) is 23.2 Å². The Kier molecular flexibility index (Phi) is 4.92. The van der Waals surface area contributed by atoms with Crippen molar-refractivity contribution in [1.29, 1.82) is 0 Å². The normalized spacial score (nSPS) is 10.5. The third kappa shape index (κ3) is 3.40. The number of halogens is 2. The summed E-state index contributed by atoms with van der Waals surface area (Å²) in [7, 11) is 0. The van der Waals surface area contributed by atoms with Crippen molar-refractivity contribution in [3.8, 4) is 0 Å². The van der Waals surface area contributed by atoms with E-state index in [1.807, 2.05) is 0 Å². The van der Waals surface area contributed by atoms with Gasteiger partial charge in [0.05, 0.1) is 22.2 Å². The first-order chi connectivity index (χ1) is 9.93. The van der Waals surface area contributed by atoms with Gasteiger partial charge in [-0.3, -0.25) is 4.79 Å². The van der Waals surface area contributed by atoms with Crippen LogP contribution in [0.25, 0.3) is 0 Å². The Hall–Kier alpha value is -1.50. The van der Waals surface area contributed by atoms with Crippen molar-refractivity contribution in [3.05, 3.63) is 37.8 Å².